The summed E-state index contributed by atoms with van der Waals surface area (Å²) in [5.74, 6) is -0.775. The van der Waals surface area contributed by atoms with Crippen molar-refractivity contribution >= 4 is 34.9 Å². The lowest BCUT2D eigenvalue weighted by atomic mass is 9.74. The molecule has 2 aromatic rings. The highest BCUT2D eigenvalue weighted by Gasteiger charge is 2.37. The number of nitrogens with zero attached hydrogens (tertiary/aromatic N) is 2. The number of benzene rings is 2. The molecule has 0 aliphatic carbocycles. The number of hydrogen-bond acceptors (Lipinski definition) is 5. The molecule has 2 atom stereocenters. The molecule has 144 valence electrons. The van der Waals surface area contributed by atoms with Crippen molar-refractivity contribution in [1.82, 2.24) is 0 Å². The van der Waals surface area contributed by atoms with E-state index in [1.807, 2.05) is 42.5 Å². The third-order valence-electron chi connectivity index (χ3n) is 4.89. The van der Waals surface area contributed by atoms with Crippen LogP contribution >= 0.6 is 23.4 Å². The van der Waals surface area contributed by atoms with Gasteiger partial charge in [0, 0.05) is 33.1 Å². The van der Waals surface area contributed by atoms with Crippen LogP contribution in [0.25, 0.3) is 5.57 Å². The SMILES string of the molecule is C=C(C(=O)OC)[C@@H](c1cccc(Cl)c1)[C@@H]1CSc2ccccc2C1=C(C#N)C#N. The standard InChI is InChI=1S/C23H17ClN2O2S/c1-14(23(27)28-2)21(15-6-5-7-17(24)10-15)19-13-29-20-9-4-3-8-18(20)22(19)16(11-25)12-26/h3-10,19,21H,1,13H2,2H3/t19-,21-/m0/s1. The van der Waals surface area contributed by atoms with Gasteiger partial charge in [-0.15, -0.1) is 11.8 Å². The van der Waals surface area contributed by atoms with E-state index in [1.54, 1.807) is 30.0 Å². The number of rotatable bonds is 4. The average Bonchev–Trinajstić information content (AvgIpc) is 2.75. The lowest BCUT2D eigenvalue weighted by Gasteiger charge is -2.34. The lowest BCUT2D eigenvalue weighted by Crippen LogP contribution is -2.26. The lowest BCUT2D eigenvalue weighted by molar-refractivity contribution is -0.136. The Morgan fingerprint density at radius 1 is 1.24 bits per heavy atom. The molecule has 0 N–H and O–H groups in total. The van der Waals surface area contributed by atoms with E-state index in [9.17, 15) is 15.3 Å². The van der Waals surface area contributed by atoms with E-state index in [0.29, 0.717) is 16.3 Å². The van der Waals surface area contributed by atoms with E-state index < -0.39 is 11.9 Å². The van der Waals surface area contributed by atoms with Crippen LogP contribution in [0.1, 0.15) is 17.0 Å². The number of ether oxygens (including phenoxy) is 1. The molecule has 1 heterocycles. The van der Waals surface area contributed by atoms with Gasteiger partial charge in [-0.1, -0.05) is 48.5 Å². The molecule has 2 aromatic carbocycles. The molecular formula is C23H17ClN2O2S. The third-order valence-corrected chi connectivity index (χ3v) is 6.32. The number of carbonyl (C=O) groups excluding carboxylic acids is 1. The largest absolute Gasteiger partial charge is 0.466 e. The van der Waals surface area contributed by atoms with Crippen LogP contribution in [0, 0.1) is 28.6 Å². The van der Waals surface area contributed by atoms with Crippen molar-refractivity contribution < 1.29 is 9.53 Å². The number of esters is 1. The molecule has 0 fully saturated rings. The molecule has 0 unspecified atom stereocenters. The van der Waals surface area contributed by atoms with Gasteiger partial charge in [0.05, 0.1) is 7.11 Å². The first-order valence-corrected chi connectivity index (χ1v) is 10.2. The van der Waals surface area contributed by atoms with Gasteiger partial charge in [0.2, 0.25) is 0 Å². The van der Waals surface area contributed by atoms with E-state index in [-0.39, 0.29) is 17.1 Å². The van der Waals surface area contributed by atoms with Crippen molar-refractivity contribution in [1.29, 1.82) is 10.5 Å². The van der Waals surface area contributed by atoms with Crippen molar-refractivity contribution in [2.75, 3.05) is 12.9 Å². The van der Waals surface area contributed by atoms with Gasteiger partial charge in [-0.05, 0) is 34.9 Å². The van der Waals surface area contributed by atoms with Crippen LogP contribution in [0.4, 0.5) is 0 Å². The number of nitriles is 2. The van der Waals surface area contributed by atoms with Crippen molar-refractivity contribution in [3.63, 3.8) is 0 Å². The zero-order valence-corrected chi connectivity index (χ0v) is 17.3. The summed E-state index contributed by atoms with van der Waals surface area (Å²) in [4.78, 5) is 13.4. The van der Waals surface area contributed by atoms with Crippen LogP contribution in [-0.2, 0) is 9.53 Å². The molecule has 0 amide bonds. The van der Waals surface area contributed by atoms with Gasteiger partial charge in [0.15, 0.2) is 0 Å². The normalized spacial score (nSPS) is 16.0. The Kier molecular flexibility index (Phi) is 6.44. The Balaban J connectivity index is 2.25. The summed E-state index contributed by atoms with van der Waals surface area (Å²) in [7, 11) is 1.31. The quantitative estimate of drug-likeness (QED) is 0.377. The van der Waals surface area contributed by atoms with E-state index in [2.05, 4.69) is 6.58 Å². The first kappa shape index (κ1) is 20.7. The Labute approximate surface area is 179 Å². The molecule has 0 aromatic heterocycles. The van der Waals surface area contributed by atoms with Crippen LogP contribution in [0.5, 0.6) is 0 Å². The fraction of sp³-hybridized carbons (Fsp3) is 0.174. The second-order valence-corrected chi connectivity index (χ2v) is 7.97. The maximum Gasteiger partial charge on any atom is 0.333 e. The Hall–Kier alpha value is -2.99. The summed E-state index contributed by atoms with van der Waals surface area (Å²) in [5, 5.41) is 19.8. The second kappa shape index (κ2) is 9.01. The number of methoxy groups -OCH3 is 1. The molecule has 4 nitrogen and oxygen atoms in total. The van der Waals surface area contributed by atoms with Crippen LogP contribution in [0.3, 0.4) is 0 Å². The van der Waals surface area contributed by atoms with Crippen molar-refractivity contribution in [2.45, 2.75) is 10.8 Å². The van der Waals surface area contributed by atoms with E-state index in [0.717, 1.165) is 16.0 Å². The summed E-state index contributed by atoms with van der Waals surface area (Å²) >= 11 is 7.84. The molecule has 1 aliphatic heterocycles. The minimum atomic E-state index is -0.534. The molecule has 3 rings (SSSR count). The predicted molar refractivity (Wildman–Crippen MR) is 114 cm³/mol. The van der Waals surface area contributed by atoms with Crippen LogP contribution < -0.4 is 0 Å². The second-order valence-electron chi connectivity index (χ2n) is 6.48. The number of hydrogen-bond donors (Lipinski definition) is 0. The molecule has 0 bridgehead atoms. The van der Waals surface area contributed by atoms with Gasteiger partial charge in [-0.25, -0.2) is 4.79 Å². The Morgan fingerprint density at radius 3 is 2.62 bits per heavy atom. The first-order valence-electron chi connectivity index (χ1n) is 8.81. The minimum absolute atomic E-state index is 0.0347. The molecular weight excluding hydrogens is 404 g/mol. The number of thioether (sulfide) groups is 1. The van der Waals surface area contributed by atoms with Gasteiger partial charge in [0.25, 0.3) is 0 Å². The van der Waals surface area contributed by atoms with Crippen LogP contribution in [-0.4, -0.2) is 18.8 Å². The Bertz CT molecular complexity index is 1080. The first-order chi connectivity index (χ1) is 14.0. The minimum Gasteiger partial charge on any atom is -0.466 e. The summed E-state index contributed by atoms with van der Waals surface area (Å²) in [6.07, 6.45) is 0. The van der Waals surface area contributed by atoms with Crippen molar-refractivity contribution in [2.24, 2.45) is 5.92 Å². The van der Waals surface area contributed by atoms with E-state index in [1.165, 1.54) is 7.11 Å². The molecule has 0 spiro atoms. The van der Waals surface area contributed by atoms with E-state index >= 15 is 0 Å². The van der Waals surface area contributed by atoms with E-state index in [4.69, 9.17) is 16.3 Å². The molecule has 0 saturated carbocycles. The van der Waals surface area contributed by atoms with Gasteiger partial charge in [-0.2, -0.15) is 10.5 Å². The number of allylic oxidation sites excluding steroid dienone is 2. The highest BCUT2D eigenvalue weighted by Crippen LogP contribution is 2.49. The zero-order valence-electron chi connectivity index (χ0n) is 15.7. The molecule has 29 heavy (non-hydrogen) atoms. The highest BCUT2D eigenvalue weighted by atomic mass is 35.5. The van der Waals surface area contributed by atoms with Crippen LogP contribution in [0.2, 0.25) is 5.02 Å². The molecule has 1 aliphatic rings. The fourth-order valence-electron chi connectivity index (χ4n) is 3.64. The van der Waals surface area contributed by atoms with Gasteiger partial charge < -0.3 is 4.74 Å². The molecule has 6 heteroatoms. The van der Waals surface area contributed by atoms with Crippen molar-refractivity contribution in [3.8, 4) is 12.1 Å². The maximum atomic E-state index is 12.4. The Morgan fingerprint density at radius 2 is 1.97 bits per heavy atom. The third kappa shape index (κ3) is 4.07. The topological polar surface area (TPSA) is 73.9 Å². The highest BCUT2D eigenvalue weighted by molar-refractivity contribution is 7.99. The summed E-state index contributed by atoms with van der Waals surface area (Å²) < 4.78 is 4.93. The average molecular weight is 421 g/mol. The number of carbonyl (C=O) groups is 1. The summed E-state index contributed by atoms with van der Waals surface area (Å²) in [6.45, 7) is 3.99. The maximum absolute atomic E-state index is 12.4. The van der Waals surface area contributed by atoms with Crippen molar-refractivity contribution in [3.05, 3.63) is 82.4 Å². The predicted octanol–water partition coefficient (Wildman–Crippen LogP) is 5.38. The summed E-state index contributed by atoms with van der Waals surface area (Å²) in [6, 6.07) is 18.9. The van der Waals surface area contributed by atoms with Gasteiger partial charge in [-0.3, -0.25) is 0 Å². The van der Waals surface area contributed by atoms with Crippen LogP contribution in [0.15, 0.2) is 71.2 Å². The van der Waals surface area contributed by atoms with Gasteiger partial charge in [0.1, 0.15) is 17.7 Å². The number of halogens is 1. The monoisotopic (exact) mass is 420 g/mol. The smallest absolute Gasteiger partial charge is 0.333 e. The van der Waals surface area contributed by atoms with Gasteiger partial charge >= 0.3 is 5.97 Å². The molecule has 0 radical (unpaired) electrons. The summed E-state index contributed by atoms with van der Waals surface area (Å²) in [5.41, 5.74) is 2.53. The fourth-order valence-corrected chi connectivity index (χ4v) is 5.07. The molecule has 0 saturated heterocycles. The number of fused-ring (bicyclic) bond motifs is 1. The zero-order chi connectivity index (χ0) is 21.0.